The number of hydrogen-bond acceptors (Lipinski definition) is 2. The van der Waals surface area contributed by atoms with Gasteiger partial charge in [-0.15, -0.1) is 0 Å². The van der Waals surface area contributed by atoms with Gasteiger partial charge >= 0.3 is 6.18 Å². The Balaban J connectivity index is 2.84. The molecule has 0 bridgehead atoms. The van der Waals surface area contributed by atoms with Crippen LogP contribution in [0.15, 0.2) is 12.3 Å². The van der Waals surface area contributed by atoms with Gasteiger partial charge < -0.3 is 10.7 Å². The van der Waals surface area contributed by atoms with E-state index in [0.717, 1.165) is 12.3 Å². The van der Waals surface area contributed by atoms with Crippen LogP contribution in [0, 0.1) is 11.3 Å². The van der Waals surface area contributed by atoms with Crippen LogP contribution in [-0.2, 0) is 6.18 Å². The molecule has 1 aromatic rings. The molecule has 0 spiro atoms. The van der Waals surface area contributed by atoms with E-state index in [9.17, 15) is 13.2 Å². The summed E-state index contributed by atoms with van der Waals surface area (Å²) >= 11 is 0. The molecule has 3 nitrogen and oxygen atoms in total. The maximum Gasteiger partial charge on any atom is 0.417 e. The standard InChI is InChI=1S/C8H8F3N3/c9-8(10,11)5-3-7(14-4-5)6(13)1-2-12/h3-4,6,14H,1,13H2. The molecule has 6 heteroatoms. The van der Waals surface area contributed by atoms with Gasteiger partial charge in [0.1, 0.15) is 0 Å². The smallest absolute Gasteiger partial charge is 0.363 e. The number of alkyl halides is 3. The summed E-state index contributed by atoms with van der Waals surface area (Å²) in [6, 6.07) is 2.01. The van der Waals surface area contributed by atoms with Gasteiger partial charge in [0.15, 0.2) is 0 Å². The number of nitrogens with zero attached hydrogens (tertiary/aromatic N) is 1. The average molecular weight is 203 g/mol. The van der Waals surface area contributed by atoms with Gasteiger partial charge in [-0.2, -0.15) is 18.4 Å². The lowest BCUT2D eigenvalue weighted by molar-refractivity contribution is -0.137. The Hall–Kier alpha value is -1.48. The summed E-state index contributed by atoms with van der Waals surface area (Å²) in [6.07, 6.45) is -3.55. The summed E-state index contributed by atoms with van der Waals surface area (Å²) in [7, 11) is 0. The summed E-state index contributed by atoms with van der Waals surface area (Å²) in [5, 5.41) is 8.30. The van der Waals surface area contributed by atoms with E-state index in [2.05, 4.69) is 4.98 Å². The van der Waals surface area contributed by atoms with E-state index in [1.807, 2.05) is 0 Å². The Morgan fingerprint density at radius 3 is 2.64 bits per heavy atom. The first kappa shape index (κ1) is 10.6. The van der Waals surface area contributed by atoms with Gasteiger partial charge in [-0.25, -0.2) is 0 Å². The number of nitrogens with two attached hydrogens (primary N) is 1. The second-order valence-electron chi connectivity index (χ2n) is 2.81. The summed E-state index contributed by atoms with van der Waals surface area (Å²) in [6.45, 7) is 0. The average Bonchev–Trinajstić information content (AvgIpc) is 2.51. The van der Waals surface area contributed by atoms with Gasteiger partial charge in [0, 0.05) is 11.9 Å². The zero-order valence-electron chi connectivity index (χ0n) is 7.10. The van der Waals surface area contributed by atoms with Crippen molar-refractivity contribution < 1.29 is 13.2 Å². The molecule has 1 unspecified atom stereocenters. The third-order valence-corrected chi connectivity index (χ3v) is 1.74. The number of halogens is 3. The topological polar surface area (TPSA) is 65.6 Å². The molecule has 0 saturated carbocycles. The highest BCUT2D eigenvalue weighted by Gasteiger charge is 2.32. The molecule has 0 fully saturated rings. The highest BCUT2D eigenvalue weighted by atomic mass is 19.4. The predicted molar refractivity (Wildman–Crippen MR) is 43.0 cm³/mol. The number of nitriles is 1. The SMILES string of the molecule is N#CCC(N)c1cc(C(F)(F)F)c[nH]1. The molecule has 0 radical (unpaired) electrons. The fraction of sp³-hybridized carbons (Fsp3) is 0.375. The first-order valence-electron chi connectivity index (χ1n) is 3.83. The second-order valence-corrected chi connectivity index (χ2v) is 2.81. The lowest BCUT2D eigenvalue weighted by atomic mass is 10.1. The van der Waals surface area contributed by atoms with Gasteiger partial charge in [0.05, 0.1) is 24.1 Å². The number of aromatic nitrogens is 1. The van der Waals surface area contributed by atoms with E-state index in [4.69, 9.17) is 11.0 Å². The van der Waals surface area contributed by atoms with Crippen molar-refractivity contribution in [1.29, 1.82) is 5.26 Å². The van der Waals surface area contributed by atoms with Crippen molar-refractivity contribution in [3.63, 3.8) is 0 Å². The molecule has 0 aliphatic rings. The number of aromatic amines is 1. The van der Waals surface area contributed by atoms with Crippen molar-refractivity contribution in [1.82, 2.24) is 4.98 Å². The quantitative estimate of drug-likeness (QED) is 0.771. The van der Waals surface area contributed by atoms with Gasteiger partial charge in [0.2, 0.25) is 0 Å². The maximum atomic E-state index is 12.1. The van der Waals surface area contributed by atoms with Gasteiger partial charge in [-0.05, 0) is 6.07 Å². The minimum absolute atomic E-state index is 0.0161. The molecule has 0 aliphatic carbocycles. The highest BCUT2D eigenvalue weighted by molar-refractivity contribution is 5.22. The van der Waals surface area contributed by atoms with Gasteiger partial charge in [-0.1, -0.05) is 0 Å². The first-order valence-corrected chi connectivity index (χ1v) is 3.83. The molecule has 14 heavy (non-hydrogen) atoms. The van der Waals surface area contributed by atoms with Crippen LogP contribution in [0.25, 0.3) is 0 Å². The second kappa shape index (κ2) is 3.72. The number of nitrogens with one attached hydrogen (secondary N) is 1. The van der Waals surface area contributed by atoms with E-state index in [0.29, 0.717) is 0 Å². The lowest BCUT2D eigenvalue weighted by Gasteiger charge is -2.03. The van der Waals surface area contributed by atoms with Crippen LogP contribution in [0.4, 0.5) is 13.2 Å². The molecule has 76 valence electrons. The Morgan fingerprint density at radius 1 is 1.57 bits per heavy atom. The van der Waals surface area contributed by atoms with E-state index in [1.165, 1.54) is 0 Å². The van der Waals surface area contributed by atoms with Crippen molar-refractivity contribution in [3.05, 3.63) is 23.5 Å². The third kappa shape index (κ3) is 2.26. The van der Waals surface area contributed by atoms with Crippen LogP contribution in [-0.4, -0.2) is 4.98 Å². The summed E-state index contributed by atoms with van der Waals surface area (Å²) in [5.41, 5.74) is 4.89. The van der Waals surface area contributed by atoms with Crippen LogP contribution in [0.3, 0.4) is 0 Å². The molecule has 3 N–H and O–H groups in total. The Labute approximate surface area is 78.3 Å². The Kier molecular flexibility index (Phi) is 2.81. The highest BCUT2D eigenvalue weighted by Crippen LogP contribution is 2.30. The third-order valence-electron chi connectivity index (χ3n) is 1.74. The molecule has 1 atom stereocenters. The van der Waals surface area contributed by atoms with Crippen LogP contribution in [0.5, 0.6) is 0 Å². The van der Waals surface area contributed by atoms with Gasteiger partial charge in [-0.3, -0.25) is 0 Å². The van der Waals surface area contributed by atoms with Crippen molar-refractivity contribution in [2.24, 2.45) is 5.73 Å². The minimum Gasteiger partial charge on any atom is -0.363 e. The van der Waals surface area contributed by atoms with E-state index < -0.39 is 17.8 Å². The monoisotopic (exact) mass is 203 g/mol. The zero-order chi connectivity index (χ0) is 10.8. The summed E-state index contributed by atoms with van der Waals surface area (Å²) in [4.78, 5) is 2.40. The normalized spacial score (nSPS) is 13.6. The molecule has 0 amide bonds. The van der Waals surface area contributed by atoms with E-state index in [1.54, 1.807) is 6.07 Å². The molecular formula is C8H8F3N3. The van der Waals surface area contributed by atoms with Crippen molar-refractivity contribution in [3.8, 4) is 6.07 Å². The lowest BCUT2D eigenvalue weighted by Crippen LogP contribution is -2.09. The first-order chi connectivity index (χ1) is 6.45. The molecule has 1 aromatic heterocycles. The van der Waals surface area contributed by atoms with Gasteiger partial charge in [0.25, 0.3) is 0 Å². The summed E-state index contributed by atoms with van der Waals surface area (Å²) < 4.78 is 36.4. The van der Waals surface area contributed by atoms with E-state index >= 15 is 0 Å². The number of rotatable bonds is 2. The summed E-state index contributed by atoms with van der Waals surface area (Å²) in [5.74, 6) is 0. The fourth-order valence-corrected chi connectivity index (χ4v) is 0.998. The Bertz CT molecular complexity index is 347. The van der Waals surface area contributed by atoms with Crippen LogP contribution < -0.4 is 5.73 Å². The molecular weight excluding hydrogens is 195 g/mol. The van der Waals surface area contributed by atoms with Crippen LogP contribution in [0.2, 0.25) is 0 Å². The maximum absolute atomic E-state index is 12.1. The van der Waals surface area contributed by atoms with Crippen molar-refractivity contribution in [2.75, 3.05) is 0 Å². The van der Waals surface area contributed by atoms with Crippen LogP contribution >= 0.6 is 0 Å². The van der Waals surface area contributed by atoms with E-state index in [-0.39, 0.29) is 12.1 Å². The molecule has 0 aromatic carbocycles. The molecule has 1 heterocycles. The molecule has 0 aliphatic heterocycles. The van der Waals surface area contributed by atoms with Crippen molar-refractivity contribution in [2.45, 2.75) is 18.6 Å². The fourth-order valence-electron chi connectivity index (χ4n) is 0.998. The zero-order valence-corrected chi connectivity index (χ0v) is 7.10. The largest absolute Gasteiger partial charge is 0.417 e. The molecule has 1 rings (SSSR count). The van der Waals surface area contributed by atoms with Crippen molar-refractivity contribution >= 4 is 0 Å². The number of H-pyrrole nitrogens is 1. The Morgan fingerprint density at radius 2 is 2.21 bits per heavy atom. The predicted octanol–water partition coefficient (Wildman–Crippen LogP) is 1.95. The minimum atomic E-state index is -4.37. The molecule has 0 saturated heterocycles. The van der Waals surface area contributed by atoms with Crippen LogP contribution in [0.1, 0.15) is 23.7 Å². The number of hydrogen-bond donors (Lipinski definition) is 2.